The van der Waals surface area contributed by atoms with Gasteiger partial charge in [0.05, 0.1) is 5.76 Å². The average molecular weight is 783 g/mol. The molecule has 0 saturated heterocycles. The van der Waals surface area contributed by atoms with Crippen molar-refractivity contribution >= 4 is 34.3 Å². The smallest absolute Gasteiger partial charge is 0.162 e. The van der Waals surface area contributed by atoms with Gasteiger partial charge in [0.15, 0.2) is 5.78 Å². The molecule has 2 aromatic carbocycles. The van der Waals surface area contributed by atoms with E-state index < -0.39 is 13.3 Å². The number of aliphatic hydroxyl groups is 1. The van der Waals surface area contributed by atoms with Crippen LogP contribution in [0, 0.1) is 17.9 Å². The van der Waals surface area contributed by atoms with Crippen LogP contribution in [0.4, 0.5) is 0 Å². The van der Waals surface area contributed by atoms with E-state index in [1.165, 1.54) is 21.6 Å². The van der Waals surface area contributed by atoms with Gasteiger partial charge in [0, 0.05) is 38.0 Å². The Morgan fingerprint density at radius 3 is 2.08 bits per heavy atom. The third-order valence-electron chi connectivity index (χ3n) is 7.33. The van der Waals surface area contributed by atoms with Gasteiger partial charge in [0.2, 0.25) is 0 Å². The van der Waals surface area contributed by atoms with Crippen LogP contribution in [-0.2, 0) is 30.3 Å². The second-order valence-electron chi connectivity index (χ2n) is 12.4. The molecule has 1 N–H and O–H groups in total. The van der Waals surface area contributed by atoms with Crippen molar-refractivity contribution < 1.29 is 30.0 Å². The summed E-state index contributed by atoms with van der Waals surface area (Å²) in [5.41, 5.74) is 2.37. The van der Waals surface area contributed by atoms with Crippen LogP contribution >= 0.6 is 0 Å². The number of aromatic nitrogens is 2. The van der Waals surface area contributed by atoms with Gasteiger partial charge in [-0.3, -0.25) is 4.79 Å². The normalized spacial score (nSPS) is 12.2. The maximum absolute atomic E-state index is 11.7. The fourth-order valence-corrected chi connectivity index (χ4v) is 6.79. The zero-order chi connectivity index (χ0) is 29.4. The average Bonchev–Trinajstić information content (AvgIpc) is 2.89. The van der Waals surface area contributed by atoms with Crippen LogP contribution in [-0.4, -0.2) is 34.1 Å². The molecule has 0 spiro atoms. The van der Waals surface area contributed by atoms with Crippen LogP contribution < -0.4 is 4.53 Å². The minimum atomic E-state index is -1.98. The first-order chi connectivity index (χ1) is 18.3. The zero-order valence-electron chi connectivity index (χ0n) is 26.2. The molecule has 0 amide bonds. The number of hydrogen-bond donors (Lipinski definition) is 1. The van der Waals surface area contributed by atoms with Crippen molar-refractivity contribution in [1.82, 2.24) is 9.97 Å². The van der Waals surface area contributed by atoms with Crippen LogP contribution in [0.3, 0.4) is 0 Å². The second kappa shape index (κ2) is 16.0. The molecule has 1 aromatic heterocycles. The van der Waals surface area contributed by atoms with E-state index in [0.29, 0.717) is 0 Å². The monoisotopic (exact) mass is 784 g/mol. The summed E-state index contributed by atoms with van der Waals surface area (Å²) >= 11 is -1.98. The third kappa shape index (κ3) is 9.92. The summed E-state index contributed by atoms with van der Waals surface area (Å²) in [5, 5.41) is 12.2. The topological polar surface area (TPSA) is 63.1 Å². The van der Waals surface area contributed by atoms with Crippen LogP contribution in [0.15, 0.2) is 54.4 Å². The fourth-order valence-electron chi connectivity index (χ4n) is 4.66. The van der Waals surface area contributed by atoms with Gasteiger partial charge in [0.1, 0.15) is 0 Å². The molecule has 3 aromatic rings. The van der Waals surface area contributed by atoms with E-state index in [9.17, 15) is 9.90 Å². The van der Waals surface area contributed by atoms with Gasteiger partial charge in [-0.25, -0.2) is 0 Å². The number of allylic oxidation sites excluding steroid dienone is 2. The molecule has 0 saturated carbocycles. The van der Waals surface area contributed by atoms with Gasteiger partial charge in [-0.2, -0.15) is 0 Å². The van der Waals surface area contributed by atoms with E-state index >= 15 is 0 Å². The Balaban J connectivity index is 0.000000437. The molecule has 6 heteroatoms. The molecule has 1 heterocycles. The molecule has 0 fully saturated rings. The first-order valence-corrected chi connectivity index (χ1v) is 21.8. The molecule has 3 rings (SSSR count). The number of benzene rings is 2. The van der Waals surface area contributed by atoms with Crippen molar-refractivity contribution in [2.24, 2.45) is 11.8 Å². The number of nitrogens with zero attached hydrogens (tertiary/aromatic N) is 2. The first kappa shape index (κ1) is 36.2. The van der Waals surface area contributed by atoms with E-state index in [4.69, 9.17) is 4.98 Å². The number of carbonyl (C=O) groups is 1. The summed E-state index contributed by atoms with van der Waals surface area (Å²) in [7, 11) is 0. The Labute approximate surface area is 259 Å². The molecule has 1 radical (unpaired) electrons. The number of hydrogen-bond acceptors (Lipinski definition) is 4. The van der Waals surface area contributed by atoms with E-state index in [2.05, 4.69) is 85.5 Å². The fraction of sp³-hybridized carbons (Fsp3) is 0.500. The standard InChI is InChI=1S/C21H25GeN2.C13H24O2.Ir/c1-21(2,3)18-14-16(13-15-9-7-8-10-17(15)18)20-23-12-11-19(24-20)22(4,5)6;1-5-10(6-2)12(14)9-13(15)11(7-3)8-4;/h7-12,14H,1-6H3;9-11,14H,5-8H2,1-4H3;/q-1;;/b;12-9-;. The van der Waals surface area contributed by atoms with Gasteiger partial charge in [-0.1, -0.05) is 27.7 Å². The van der Waals surface area contributed by atoms with E-state index in [0.717, 1.165) is 42.5 Å². The Kier molecular flexibility index (Phi) is 14.5. The van der Waals surface area contributed by atoms with Gasteiger partial charge in [-0.15, -0.1) is 0 Å². The van der Waals surface area contributed by atoms with Crippen LogP contribution in [0.1, 0.15) is 79.7 Å². The minimum Gasteiger partial charge on any atom is -0.512 e. The molecular weight excluding hydrogens is 733 g/mol. The summed E-state index contributed by atoms with van der Waals surface area (Å²) in [6, 6.07) is 16.3. The Hall–Kier alpha value is -1.82. The molecule has 0 aliphatic rings. The Morgan fingerprint density at radius 2 is 1.55 bits per heavy atom. The summed E-state index contributed by atoms with van der Waals surface area (Å²) in [4.78, 5) is 21.1. The van der Waals surface area contributed by atoms with E-state index in [-0.39, 0.29) is 48.9 Å². The maximum atomic E-state index is 11.7. The predicted molar refractivity (Wildman–Crippen MR) is 169 cm³/mol. The predicted octanol–water partition coefficient (Wildman–Crippen LogP) is 8.81. The van der Waals surface area contributed by atoms with Crippen LogP contribution in [0.25, 0.3) is 22.2 Å². The molecule has 221 valence electrons. The number of carbonyl (C=O) groups excluding carboxylic acids is 1. The molecular formula is C34H49GeIrN2O2-. The Bertz CT molecular complexity index is 1270. The molecule has 0 bridgehead atoms. The van der Waals surface area contributed by atoms with Crippen molar-refractivity contribution in [2.75, 3.05) is 0 Å². The quantitative estimate of drug-likeness (QED) is 0.102. The molecule has 0 aliphatic heterocycles. The summed E-state index contributed by atoms with van der Waals surface area (Å²) < 4.78 is 1.24. The van der Waals surface area contributed by atoms with Crippen molar-refractivity contribution in [3.63, 3.8) is 0 Å². The van der Waals surface area contributed by atoms with Crippen LogP contribution in [0.2, 0.25) is 17.3 Å². The van der Waals surface area contributed by atoms with Crippen molar-refractivity contribution in [3.8, 4) is 11.4 Å². The number of aliphatic hydroxyl groups excluding tert-OH is 1. The molecule has 0 aliphatic carbocycles. The van der Waals surface area contributed by atoms with Gasteiger partial charge in [-0.05, 0) is 25.7 Å². The number of rotatable bonds is 9. The molecule has 0 atom stereocenters. The second-order valence-corrected chi connectivity index (χ2v) is 22.9. The minimum absolute atomic E-state index is 0. The zero-order valence-corrected chi connectivity index (χ0v) is 30.7. The third-order valence-corrected chi connectivity index (χ3v) is 11.1. The SMILES string of the molecule is CC(C)(C)c1cc(-c2ncc[c]([Ge]([CH3])([CH3])[CH3])n2)[c-]c2ccccc12.CCC(CC)C(=O)/C=C(\O)C(CC)CC.[Ir]. The van der Waals surface area contributed by atoms with Crippen LogP contribution in [0.5, 0.6) is 0 Å². The van der Waals surface area contributed by atoms with Crippen molar-refractivity contribution in [2.45, 2.75) is 96.8 Å². The summed E-state index contributed by atoms with van der Waals surface area (Å²) in [6.45, 7) is 14.8. The molecule has 40 heavy (non-hydrogen) atoms. The van der Waals surface area contributed by atoms with Crippen molar-refractivity contribution in [1.29, 1.82) is 0 Å². The number of ketones is 1. The Morgan fingerprint density at radius 1 is 0.975 bits per heavy atom. The molecule has 0 unspecified atom stereocenters. The summed E-state index contributed by atoms with van der Waals surface area (Å²) in [5.74, 6) is 8.42. The maximum Gasteiger partial charge on any atom is 0.162 e. The van der Waals surface area contributed by atoms with Gasteiger partial charge < -0.3 is 5.11 Å². The van der Waals surface area contributed by atoms with E-state index in [1.807, 2.05) is 33.9 Å². The van der Waals surface area contributed by atoms with Gasteiger partial charge in [0.25, 0.3) is 0 Å². The van der Waals surface area contributed by atoms with Crippen molar-refractivity contribution in [3.05, 3.63) is 66.1 Å². The summed E-state index contributed by atoms with van der Waals surface area (Å²) in [6.07, 6.45) is 6.80. The van der Waals surface area contributed by atoms with E-state index in [1.54, 1.807) is 0 Å². The first-order valence-electron chi connectivity index (χ1n) is 14.5. The number of fused-ring (bicyclic) bond motifs is 1. The van der Waals surface area contributed by atoms with Gasteiger partial charge >= 0.3 is 148 Å². The largest absolute Gasteiger partial charge is 0.512 e. The molecule has 4 nitrogen and oxygen atoms in total.